The summed E-state index contributed by atoms with van der Waals surface area (Å²) in [6.45, 7) is 2.38. The van der Waals surface area contributed by atoms with Gasteiger partial charge in [0.25, 0.3) is 0 Å². The number of nitrogens with zero attached hydrogens (tertiary/aromatic N) is 5. The average molecular weight is 582 g/mol. The first kappa shape index (κ1) is 28.6. The quantitative estimate of drug-likeness (QED) is 0.403. The van der Waals surface area contributed by atoms with E-state index in [1.807, 2.05) is 6.07 Å². The van der Waals surface area contributed by atoms with Gasteiger partial charge in [0.1, 0.15) is 35.8 Å². The van der Waals surface area contributed by atoms with Gasteiger partial charge in [-0.05, 0) is 25.0 Å². The normalized spacial score (nSPS) is 25.9. The molecule has 4 heterocycles. The molecule has 2 N–H and O–H groups in total. The molecule has 0 aliphatic carbocycles. The standard InChI is InChI=1S/C26H30ClF2N5O6/c1-13(36)33-7-5-14(6-8-33)19-9-15(31-40-19)10-20-26(38-2)24(25(37)21(12-35)39-20)34-11-18(30-32-34)16-3-4-17(27)23(29)22(16)28/h3-4,9,11,14,20-21,24-26,35,37H,5-8,10,12H2,1-2H3/t20-,21-,24+,25+,26+/m1/s1. The number of hydrogen-bond acceptors (Lipinski definition) is 9. The van der Waals surface area contributed by atoms with Crippen LogP contribution in [0.4, 0.5) is 8.78 Å². The molecule has 14 heteroatoms. The van der Waals surface area contributed by atoms with Crippen molar-refractivity contribution in [2.75, 3.05) is 26.8 Å². The summed E-state index contributed by atoms with van der Waals surface area (Å²) in [6.07, 6.45) is -0.557. The summed E-state index contributed by atoms with van der Waals surface area (Å²) in [7, 11) is 1.45. The number of likely N-dealkylation sites (tertiary alicyclic amines) is 1. The van der Waals surface area contributed by atoms with E-state index in [9.17, 15) is 23.8 Å². The van der Waals surface area contributed by atoms with Gasteiger partial charge in [-0.3, -0.25) is 4.79 Å². The van der Waals surface area contributed by atoms with Gasteiger partial charge in [0.2, 0.25) is 5.91 Å². The molecule has 40 heavy (non-hydrogen) atoms. The number of rotatable bonds is 7. The Balaban J connectivity index is 1.36. The van der Waals surface area contributed by atoms with Crippen LogP contribution in [0.5, 0.6) is 0 Å². The van der Waals surface area contributed by atoms with Crippen LogP contribution in [-0.4, -0.2) is 92.4 Å². The van der Waals surface area contributed by atoms with Gasteiger partial charge >= 0.3 is 0 Å². The summed E-state index contributed by atoms with van der Waals surface area (Å²) in [5, 5.41) is 32.9. The Morgan fingerprint density at radius 1 is 1.23 bits per heavy atom. The molecule has 0 radical (unpaired) electrons. The molecule has 1 amide bonds. The van der Waals surface area contributed by atoms with Crippen LogP contribution in [0.25, 0.3) is 11.3 Å². The molecule has 0 saturated carbocycles. The van der Waals surface area contributed by atoms with Crippen molar-refractivity contribution in [2.24, 2.45) is 0 Å². The summed E-state index contributed by atoms with van der Waals surface area (Å²) in [5.74, 6) is -1.47. The average Bonchev–Trinajstić information content (AvgIpc) is 3.62. The lowest BCUT2D eigenvalue weighted by molar-refractivity contribution is -0.212. The summed E-state index contributed by atoms with van der Waals surface area (Å²) in [4.78, 5) is 13.4. The van der Waals surface area contributed by atoms with Crippen LogP contribution in [0, 0.1) is 11.6 Å². The molecule has 2 fully saturated rings. The first-order chi connectivity index (χ1) is 19.2. The van der Waals surface area contributed by atoms with E-state index in [-0.39, 0.29) is 34.5 Å². The Morgan fingerprint density at radius 3 is 2.65 bits per heavy atom. The van der Waals surface area contributed by atoms with Crippen molar-refractivity contribution in [2.45, 2.75) is 62.6 Å². The predicted octanol–water partition coefficient (Wildman–Crippen LogP) is 2.51. The van der Waals surface area contributed by atoms with Gasteiger partial charge in [-0.15, -0.1) is 5.10 Å². The number of aromatic nitrogens is 4. The van der Waals surface area contributed by atoms with Crippen molar-refractivity contribution in [3.8, 4) is 11.3 Å². The monoisotopic (exact) mass is 581 g/mol. The van der Waals surface area contributed by atoms with Crippen LogP contribution < -0.4 is 0 Å². The largest absolute Gasteiger partial charge is 0.394 e. The lowest BCUT2D eigenvalue weighted by Crippen LogP contribution is -2.57. The summed E-state index contributed by atoms with van der Waals surface area (Å²) in [6, 6.07) is 3.47. The molecule has 11 nitrogen and oxygen atoms in total. The van der Waals surface area contributed by atoms with Crippen molar-refractivity contribution < 1.29 is 37.8 Å². The summed E-state index contributed by atoms with van der Waals surface area (Å²) >= 11 is 5.67. The lowest BCUT2D eigenvalue weighted by atomic mass is 9.89. The van der Waals surface area contributed by atoms with Gasteiger partial charge in [0.15, 0.2) is 11.6 Å². The number of benzene rings is 1. The molecule has 2 aromatic heterocycles. The van der Waals surface area contributed by atoms with Gasteiger partial charge in [0, 0.05) is 51.1 Å². The SMILES string of the molecule is CO[C@@H]1[C@@H](n2cc(-c3ccc(Cl)c(F)c3F)nn2)[C@@H](O)[C@@H](CO)O[C@@H]1Cc1cc(C2CCN(C(C)=O)CC2)on1. The van der Waals surface area contributed by atoms with E-state index in [4.69, 9.17) is 25.6 Å². The Kier molecular flexibility index (Phi) is 8.47. The zero-order chi connectivity index (χ0) is 28.6. The molecular weight excluding hydrogens is 552 g/mol. The van der Waals surface area contributed by atoms with Crippen LogP contribution in [0.3, 0.4) is 0 Å². The fourth-order valence-electron chi connectivity index (χ4n) is 5.50. The smallest absolute Gasteiger partial charge is 0.219 e. The van der Waals surface area contributed by atoms with Gasteiger partial charge in [-0.1, -0.05) is 22.0 Å². The van der Waals surface area contributed by atoms with Gasteiger partial charge in [-0.25, -0.2) is 13.5 Å². The topological polar surface area (TPSA) is 136 Å². The van der Waals surface area contributed by atoms with E-state index in [0.717, 1.165) is 18.6 Å². The van der Waals surface area contributed by atoms with E-state index >= 15 is 0 Å². The molecule has 5 rings (SSSR count). The Labute approximate surface area is 233 Å². The molecule has 216 valence electrons. The van der Waals surface area contributed by atoms with Crippen LogP contribution in [-0.2, 0) is 20.7 Å². The van der Waals surface area contributed by atoms with Crippen LogP contribution in [0.1, 0.15) is 43.2 Å². The van der Waals surface area contributed by atoms with Crippen molar-refractivity contribution in [1.82, 2.24) is 25.1 Å². The predicted molar refractivity (Wildman–Crippen MR) is 136 cm³/mol. The molecule has 0 spiro atoms. The van der Waals surface area contributed by atoms with E-state index in [1.54, 1.807) is 11.8 Å². The summed E-state index contributed by atoms with van der Waals surface area (Å²) in [5.41, 5.74) is 0.472. The minimum atomic E-state index is -1.26. The lowest BCUT2D eigenvalue weighted by Gasteiger charge is -2.43. The summed E-state index contributed by atoms with van der Waals surface area (Å²) < 4.78 is 47.2. The molecule has 2 aliphatic rings. The number of carbonyl (C=O) groups is 1. The molecule has 1 aromatic carbocycles. The molecule has 0 unspecified atom stereocenters. The third-order valence-electron chi connectivity index (χ3n) is 7.69. The highest BCUT2D eigenvalue weighted by Gasteiger charge is 2.47. The zero-order valence-electron chi connectivity index (χ0n) is 21.9. The maximum atomic E-state index is 14.5. The Bertz CT molecular complexity index is 1350. The van der Waals surface area contributed by atoms with Crippen molar-refractivity contribution in [1.29, 1.82) is 0 Å². The number of carbonyl (C=O) groups excluding carboxylic acids is 1. The first-order valence-electron chi connectivity index (χ1n) is 13.0. The highest BCUT2D eigenvalue weighted by atomic mass is 35.5. The second kappa shape index (κ2) is 11.9. The van der Waals surface area contributed by atoms with E-state index < -0.39 is 48.7 Å². The molecule has 0 bridgehead atoms. The van der Waals surface area contributed by atoms with Gasteiger partial charge in [0.05, 0.1) is 29.6 Å². The van der Waals surface area contributed by atoms with Crippen molar-refractivity contribution in [3.63, 3.8) is 0 Å². The van der Waals surface area contributed by atoms with E-state index in [2.05, 4.69) is 15.5 Å². The number of halogens is 3. The minimum Gasteiger partial charge on any atom is -0.394 e. The van der Waals surface area contributed by atoms with E-state index in [1.165, 1.54) is 30.1 Å². The molecule has 5 atom stereocenters. The molecule has 3 aromatic rings. The molecule has 2 saturated heterocycles. The fraction of sp³-hybridized carbons (Fsp3) is 0.538. The number of hydrogen-bond donors (Lipinski definition) is 2. The highest BCUT2D eigenvalue weighted by molar-refractivity contribution is 6.30. The first-order valence-corrected chi connectivity index (χ1v) is 13.3. The second-order valence-corrected chi connectivity index (χ2v) is 10.5. The highest BCUT2D eigenvalue weighted by Crippen LogP contribution is 2.35. The zero-order valence-corrected chi connectivity index (χ0v) is 22.7. The van der Waals surface area contributed by atoms with Crippen LogP contribution >= 0.6 is 11.6 Å². The third kappa shape index (κ3) is 5.48. The number of aliphatic hydroxyl groups excluding tert-OH is 2. The minimum absolute atomic E-state index is 0.0238. The molecule has 2 aliphatic heterocycles. The maximum absolute atomic E-state index is 14.5. The fourth-order valence-corrected chi connectivity index (χ4v) is 5.65. The Morgan fingerprint density at radius 2 is 1.98 bits per heavy atom. The third-order valence-corrected chi connectivity index (χ3v) is 7.98. The van der Waals surface area contributed by atoms with E-state index in [0.29, 0.717) is 18.8 Å². The van der Waals surface area contributed by atoms with Crippen molar-refractivity contribution >= 4 is 17.5 Å². The van der Waals surface area contributed by atoms with Gasteiger partial charge in [-0.2, -0.15) is 0 Å². The maximum Gasteiger partial charge on any atom is 0.219 e. The van der Waals surface area contributed by atoms with Crippen LogP contribution in [0.2, 0.25) is 5.02 Å². The number of aliphatic hydroxyl groups is 2. The number of amides is 1. The Hall–Kier alpha value is -2.97. The number of ether oxygens (including phenoxy) is 2. The van der Waals surface area contributed by atoms with Crippen LogP contribution in [0.15, 0.2) is 28.9 Å². The van der Waals surface area contributed by atoms with Crippen molar-refractivity contribution in [3.05, 3.63) is 52.5 Å². The number of methoxy groups -OCH3 is 1. The second-order valence-electron chi connectivity index (χ2n) is 10.1. The molecular formula is C26H30ClF2N5O6. The van der Waals surface area contributed by atoms with Gasteiger partial charge < -0.3 is 29.1 Å². The number of piperidine rings is 1.